The Hall–Kier alpha value is -2.64. The lowest BCUT2D eigenvalue weighted by Crippen LogP contribution is -2.51. The average Bonchev–Trinajstić information content (AvgIpc) is 2.66. The molecule has 0 unspecified atom stereocenters. The van der Waals surface area contributed by atoms with E-state index in [0.717, 1.165) is 0 Å². The molecule has 0 bridgehead atoms. The Bertz CT molecular complexity index is 672. The van der Waals surface area contributed by atoms with Gasteiger partial charge >= 0.3 is 5.97 Å². The van der Waals surface area contributed by atoms with Crippen molar-refractivity contribution >= 4 is 17.8 Å². The SMILES string of the molecule is COC(=O)CCC(=O)N1CCN(C(=O)Cc2cc(F)ccc2OC)CC1. The van der Waals surface area contributed by atoms with Crippen LogP contribution in [0, 0.1) is 5.82 Å². The van der Waals surface area contributed by atoms with Crippen LogP contribution in [0.2, 0.25) is 0 Å². The molecule has 8 heteroatoms. The summed E-state index contributed by atoms with van der Waals surface area (Å²) < 4.78 is 23.1. The molecule has 142 valence electrons. The van der Waals surface area contributed by atoms with Crippen LogP contribution in [0.3, 0.4) is 0 Å². The normalized spacial score (nSPS) is 14.1. The zero-order valence-corrected chi connectivity index (χ0v) is 15.0. The molecule has 0 saturated carbocycles. The van der Waals surface area contributed by atoms with E-state index < -0.39 is 11.8 Å². The molecule has 1 aromatic rings. The van der Waals surface area contributed by atoms with Crippen molar-refractivity contribution in [3.63, 3.8) is 0 Å². The monoisotopic (exact) mass is 366 g/mol. The second-order valence-corrected chi connectivity index (χ2v) is 5.97. The predicted octanol–water partition coefficient (Wildman–Crippen LogP) is 1.00. The largest absolute Gasteiger partial charge is 0.496 e. The molecule has 2 amide bonds. The van der Waals surface area contributed by atoms with Crippen LogP contribution in [0.25, 0.3) is 0 Å². The van der Waals surface area contributed by atoms with Crippen molar-refractivity contribution in [3.8, 4) is 5.75 Å². The van der Waals surface area contributed by atoms with Crippen molar-refractivity contribution in [3.05, 3.63) is 29.6 Å². The second kappa shape index (κ2) is 9.17. The molecule has 1 fully saturated rings. The van der Waals surface area contributed by atoms with Crippen molar-refractivity contribution < 1.29 is 28.2 Å². The first-order valence-electron chi connectivity index (χ1n) is 8.39. The summed E-state index contributed by atoms with van der Waals surface area (Å²) in [6.45, 7) is 1.62. The highest BCUT2D eigenvalue weighted by Gasteiger charge is 2.25. The lowest BCUT2D eigenvalue weighted by molar-refractivity contribution is -0.144. The quantitative estimate of drug-likeness (QED) is 0.702. The molecule has 0 aromatic heterocycles. The van der Waals surface area contributed by atoms with E-state index in [4.69, 9.17) is 4.74 Å². The summed E-state index contributed by atoms with van der Waals surface area (Å²) >= 11 is 0. The van der Waals surface area contributed by atoms with Crippen molar-refractivity contribution in [2.45, 2.75) is 19.3 Å². The number of piperazine rings is 1. The Labute approximate surface area is 151 Å². The molecule has 2 rings (SSSR count). The summed E-state index contributed by atoms with van der Waals surface area (Å²) in [5.41, 5.74) is 0.495. The molecular formula is C18H23FN2O5. The maximum absolute atomic E-state index is 13.4. The molecule has 0 radical (unpaired) electrons. The third-order valence-electron chi connectivity index (χ3n) is 4.34. The van der Waals surface area contributed by atoms with Crippen molar-refractivity contribution in [2.24, 2.45) is 0 Å². The Morgan fingerprint density at radius 1 is 1.00 bits per heavy atom. The van der Waals surface area contributed by atoms with Gasteiger partial charge in [0.2, 0.25) is 11.8 Å². The van der Waals surface area contributed by atoms with E-state index in [1.165, 1.54) is 32.4 Å². The molecule has 0 spiro atoms. The molecule has 1 heterocycles. The smallest absolute Gasteiger partial charge is 0.306 e. The number of benzene rings is 1. The summed E-state index contributed by atoms with van der Waals surface area (Å²) in [5, 5.41) is 0. The van der Waals surface area contributed by atoms with E-state index in [9.17, 15) is 18.8 Å². The number of carbonyl (C=O) groups excluding carboxylic acids is 3. The fourth-order valence-electron chi connectivity index (χ4n) is 2.83. The van der Waals surface area contributed by atoms with Gasteiger partial charge in [-0.05, 0) is 18.2 Å². The topological polar surface area (TPSA) is 76.2 Å². The van der Waals surface area contributed by atoms with Crippen LogP contribution < -0.4 is 4.74 Å². The van der Waals surface area contributed by atoms with Crippen molar-refractivity contribution in [1.82, 2.24) is 9.80 Å². The summed E-state index contributed by atoms with van der Waals surface area (Å²) in [5.74, 6) is -0.646. The summed E-state index contributed by atoms with van der Waals surface area (Å²) in [7, 11) is 2.75. The first-order valence-corrected chi connectivity index (χ1v) is 8.39. The van der Waals surface area contributed by atoms with Crippen LogP contribution in [0.5, 0.6) is 5.75 Å². The fraction of sp³-hybridized carbons (Fsp3) is 0.500. The minimum absolute atomic E-state index is 0.0389. The Morgan fingerprint density at radius 3 is 2.19 bits per heavy atom. The van der Waals surface area contributed by atoms with E-state index in [0.29, 0.717) is 37.5 Å². The number of nitrogens with zero attached hydrogens (tertiary/aromatic N) is 2. The number of methoxy groups -OCH3 is 2. The minimum atomic E-state index is -0.422. The summed E-state index contributed by atoms with van der Waals surface area (Å²) in [4.78, 5) is 38.9. The lowest BCUT2D eigenvalue weighted by Gasteiger charge is -2.35. The van der Waals surface area contributed by atoms with Gasteiger partial charge in [-0.1, -0.05) is 0 Å². The number of esters is 1. The van der Waals surface area contributed by atoms with Gasteiger partial charge in [0.15, 0.2) is 0 Å². The minimum Gasteiger partial charge on any atom is -0.496 e. The zero-order valence-electron chi connectivity index (χ0n) is 15.0. The van der Waals surface area contributed by atoms with Gasteiger partial charge in [0, 0.05) is 38.2 Å². The molecule has 0 N–H and O–H groups in total. The van der Waals surface area contributed by atoms with Gasteiger partial charge in [-0.3, -0.25) is 14.4 Å². The number of hydrogen-bond donors (Lipinski definition) is 0. The summed E-state index contributed by atoms with van der Waals surface area (Å²) in [6, 6.07) is 4.07. The maximum Gasteiger partial charge on any atom is 0.306 e. The lowest BCUT2D eigenvalue weighted by atomic mass is 10.1. The molecule has 1 aliphatic heterocycles. The van der Waals surface area contributed by atoms with E-state index in [1.807, 2.05) is 0 Å². The Balaban J connectivity index is 1.86. The van der Waals surface area contributed by atoms with Crippen LogP contribution in [-0.2, 0) is 25.5 Å². The molecule has 1 aliphatic rings. The van der Waals surface area contributed by atoms with Crippen molar-refractivity contribution in [2.75, 3.05) is 40.4 Å². The molecule has 1 aromatic carbocycles. The van der Waals surface area contributed by atoms with E-state index in [-0.39, 0.29) is 31.1 Å². The highest BCUT2D eigenvalue weighted by Crippen LogP contribution is 2.21. The first-order chi connectivity index (χ1) is 12.4. The van der Waals surface area contributed by atoms with Crippen LogP contribution in [0.1, 0.15) is 18.4 Å². The van der Waals surface area contributed by atoms with Crippen LogP contribution in [0.15, 0.2) is 18.2 Å². The number of ether oxygens (including phenoxy) is 2. The van der Waals surface area contributed by atoms with Crippen LogP contribution >= 0.6 is 0 Å². The highest BCUT2D eigenvalue weighted by atomic mass is 19.1. The predicted molar refractivity (Wildman–Crippen MR) is 91.1 cm³/mol. The molecule has 26 heavy (non-hydrogen) atoms. The molecule has 7 nitrogen and oxygen atoms in total. The second-order valence-electron chi connectivity index (χ2n) is 5.97. The van der Waals surface area contributed by atoms with Crippen molar-refractivity contribution in [1.29, 1.82) is 0 Å². The van der Waals surface area contributed by atoms with E-state index in [1.54, 1.807) is 9.80 Å². The molecule has 0 aliphatic carbocycles. The van der Waals surface area contributed by atoms with Gasteiger partial charge < -0.3 is 19.3 Å². The van der Waals surface area contributed by atoms with Gasteiger partial charge in [0.1, 0.15) is 11.6 Å². The molecule has 0 atom stereocenters. The number of carbonyl (C=O) groups is 3. The van der Waals surface area contributed by atoms with Crippen LogP contribution in [0.4, 0.5) is 4.39 Å². The third-order valence-corrected chi connectivity index (χ3v) is 4.34. The Morgan fingerprint density at radius 2 is 1.62 bits per heavy atom. The van der Waals surface area contributed by atoms with Gasteiger partial charge in [0.25, 0.3) is 0 Å². The van der Waals surface area contributed by atoms with Gasteiger partial charge in [-0.25, -0.2) is 4.39 Å². The number of halogens is 1. The molecular weight excluding hydrogens is 343 g/mol. The van der Waals surface area contributed by atoms with E-state index >= 15 is 0 Å². The maximum atomic E-state index is 13.4. The molecule has 1 saturated heterocycles. The zero-order chi connectivity index (χ0) is 19.1. The van der Waals surface area contributed by atoms with Crippen LogP contribution in [-0.4, -0.2) is 68.0 Å². The number of hydrogen-bond acceptors (Lipinski definition) is 5. The standard InChI is InChI=1S/C18H23FN2O5/c1-25-15-4-3-14(19)11-13(15)12-17(23)21-9-7-20(8-10-21)16(22)5-6-18(24)26-2/h3-4,11H,5-10,12H2,1-2H3. The number of amides is 2. The van der Waals surface area contributed by atoms with E-state index in [2.05, 4.69) is 4.74 Å². The fourth-order valence-corrected chi connectivity index (χ4v) is 2.83. The van der Waals surface area contributed by atoms with Gasteiger partial charge in [-0.15, -0.1) is 0 Å². The average molecular weight is 366 g/mol. The highest BCUT2D eigenvalue weighted by molar-refractivity contribution is 5.82. The summed E-state index contributed by atoms with van der Waals surface area (Å²) in [6.07, 6.45) is 0.187. The Kier molecular flexibility index (Phi) is 6.94. The van der Waals surface area contributed by atoms with Gasteiger partial charge in [-0.2, -0.15) is 0 Å². The number of rotatable bonds is 6. The van der Waals surface area contributed by atoms with Gasteiger partial charge in [0.05, 0.1) is 27.1 Å². The first kappa shape index (κ1) is 19.7. The third kappa shape index (κ3) is 5.18.